The Morgan fingerprint density at radius 1 is 1.08 bits per heavy atom. The van der Waals surface area contributed by atoms with Crippen molar-refractivity contribution >= 4 is 35.8 Å². The summed E-state index contributed by atoms with van der Waals surface area (Å²) in [6.45, 7) is 4.76. The van der Waals surface area contributed by atoms with Gasteiger partial charge in [-0.05, 0) is 32.1 Å². The molecular weight excluding hydrogens is 447 g/mol. The van der Waals surface area contributed by atoms with Crippen LogP contribution in [0.3, 0.4) is 0 Å². The predicted octanol–water partition coefficient (Wildman–Crippen LogP) is 1.37. The lowest BCUT2D eigenvalue weighted by atomic mass is 9.85. The average molecular weight is 480 g/mol. The van der Waals surface area contributed by atoms with Crippen molar-refractivity contribution in [2.75, 3.05) is 46.4 Å². The first-order chi connectivity index (χ1) is 12.3. The molecule has 2 saturated heterocycles. The van der Waals surface area contributed by atoms with Gasteiger partial charge in [0.15, 0.2) is 5.96 Å². The standard InChI is InChI=1S/C18H32N4O3.HI/c1-19-18(21-9-4-8-20-17(23)14-5-2-6-14)22-10-12-25-16(13-22)15-7-3-11-24-15;/h14-16H,2-13H2,1H3,(H,19,21)(H,20,23);1H. The first kappa shape index (κ1) is 21.7. The largest absolute Gasteiger partial charge is 0.375 e. The monoisotopic (exact) mass is 480 g/mol. The van der Waals surface area contributed by atoms with Crippen molar-refractivity contribution in [2.24, 2.45) is 10.9 Å². The Morgan fingerprint density at radius 3 is 2.50 bits per heavy atom. The van der Waals surface area contributed by atoms with Crippen LogP contribution in [0, 0.1) is 5.92 Å². The number of amides is 1. The van der Waals surface area contributed by atoms with Crippen LogP contribution in [-0.4, -0.2) is 75.4 Å². The number of nitrogens with one attached hydrogen (secondary N) is 2. The predicted molar refractivity (Wildman–Crippen MR) is 112 cm³/mol. The van der Waals surface area contributed by atoms with E-state index in [0.717, 1.165) is 70.8 Å². The van der Waals surface area contributed by atoms with Crippen LogP contribution in [-0.2, 0) is 14.3 Å². The number of carbonyl (C=O) groups excluding carboxylic acids is 1. The minimum Gasteiger partial charge on any atom is -0.375 e. The molecule has 1 amide bonds. The molecule has 8 heteroatoms. The van der Waals surface area contributed by atoms with Crippen molar-refractivity contribution in [1.29, 1.82) is 0 Å². The molecule has 0 bridgehead atoms. The average Bonchev–Trinajstić information content (AvgIpc) is 3.11. The third-order valence-corrected chi connectivity index (χ3v) is 5.40. The zero-order valence-corrected chi connectivity index (χ0v) is 18.1. The molecule has 0 aromatic heterocycles. The smallest absolute Gasteiger partial charge is 0.223 e. The minimum atomic E-state index is 0. The third-order valence-electron chi connectivity index (χ3n) is 5.40. The maximum Gasteiger partial charge on any atom is 0.223 e. The van der Waals surface area contributed by atoms with Gasteiger partial charge in [0.1, 0.15) is 6.10 Å². The van der Waals surface area contributed by atoms with Crippen molar-refractivity contribution < 1.29 is 14.3 Å². The first-order valence-electron chi connectivity index (χ1n) is 9.74. The second-order valence-electron chi connectivity index (χ2n) is 7.15. The Bertz CT molecular complexity index is 467. The molecule has 3 rings (SSSR count). The van der Waals surface area contributed by atoms with E-state index in [1.807, 2.05) is 7.05 Å². The third kappa shape index (κ3) is 5.95. The molecule has 2 atom stereocenters. The van der Waals surface area contributed by atoms with E-state index in [4.69, 9.17) is 9.47 Å². The van der Waals surface area contributed by atoms with E-state index in [1.165, 1.54) is 6.42 Å². The lowest BCUT2D eigenvalue weighted by Crippen LogP contribution is -2.53. The molecule has 2 N–H and O–H groups in total. The summed E-state index contributed by atoms with van der Waals surface area (Å²) in [6.07, 6.45) is 6.78. The van der Waals surface area contributed by atoms with E-state index in [1.54, 1.807) is 0 Å². The Hall–Kier alpha value is -0.610. The topological polar surface area (TPSA) is 75.2 Å². The molecule has 150 valence electrons. The van der Waals surface area contributed by atoms with Gasteiger partial charge in [0.05, 0.1) is 12.7 Å². The molecular formula is C18H33IN4O3. The van der Waals surface area contributed by atoms with Gasteiger partial charge in [-0.25, -0.2) is 0 Å². The van der Waals surface area contributed by atoms with Gasteiger partial charge in [0.25, 0.3) is 0 Å². The number of rotatable bonds is 6. The number of hydrogen-bond donors (Lipinski definition) is 2. The Labute approximate surface area is 173 Å². The minimum absolute atomic E-state index is 0. The number of ether oxygens (including phenoxy) is 2. The molecule has 2 unspecified atom stereocenters. The van der Waals surface area contributed by atoms with Gasteiger partial charge in [-0.2, -0.15) is 0 Å². The number of halogens is 1. The summed E-state index contributed by atoms with van der Waals surface area (Å²) in [7, 11) is 1.82. The lowest BCUT2D eigenvalue weighted by molar-refractivity contribution is -0.127. The van der Waals surface area contributed by atoms with Crippen molar-refractivity contribution in [3.8, 4) is 0 Å². The summed E-state index contributed by atoms with van der Waals surface area (Å²) < 4.78 is 11.7. The van der Waals surface area contributed by atoms with Crippen molar-refractivity contribution in [1.82, 2.24) is 15.5 Å². The fraction of sp³-hybridized carbons (Fsp3) is 0.889. The molecule has 3 aliphatic rings. The molecule has 2 aliphatic heterocycles. The lowest BCUT2D eigenvalue weighted by Gasteiger charge is -2.37. The van der Waals surface area contributed by atoms with Crippen molar-refractivity contribution in [2.45, 2.75) is 50.7 Å². The molecule has 26 heavy (non-hydrogen) atoms. The van der Waals surface area contributed by atoms with Gasteiger partial charge in [-0.3, -0.25) is 9.79 Å². The molecule has 0 aromatic rings. The molecule has 1 saturated carbocycles. The summed E-state index contributed by atoms with van der Waals surface area (Å²) >= 11 is 0. The highest BCUT2D eigenvalue weighted by atomic mass is 127. The van der Waals surface area contributed by atoms with E-state index in [2.05, 4.69) is 20.5 Å². The number of carbonyl (C=O) groups is 1. The Balaban J connectivity index is 0.00000243. The second kappa shape index (κ2) is 11.3. The quantitative estimate of drug-likeness (QED) is 0.260. The highest BCUT2D eigenvalue weighted by Gasteiger charge is 2.32. The number of morpholine rings is 1. The van der Waals surface area contributed by atoms with Crippen LogP contribution in [0.1, 0.15) is 38.5 Å². The zero-order valence-electron chi connectivity index (χ0n) is 15.7. The second-order valence-corrected chi connectivity index (χ2v) is 7.15. The van der Waals surface area contributed by atoms with Gasteiger partial charge >= 0.3 is 0 Å². The highest BCUT2D eigenvalue weighted by molar-refractivity contribution is 14.0. The summed E-state index contributed by atoms with van der Waals surface area (Å²) in [5.74, 6) is 1.41. The van der Waals surface area contributed by atoms with E-state index < -0.39 is 0 Å². The maximum atomic E-state index is 11.8. The van der Waals surface area contributed by atoms with Crippen LogP contribution in [0.4, 0.5) is 0 Å². The van der Waals surface area contributed by atoms with E-state index >= 15 is 0 Å². The van der Waals surface area contributed by atoms with Gasteiger partial charge in [-0.1, -0.05) is 6.42 Å². The maximum absolute atomic E-state index is 11.8. The Kier molecular flexibility index (Phi) is 9.41. The van der Waals surface area contributed by atoms with Gasteiger partial charge < -0.3 is 25.0 Å². The van der Waals surface area contributed by atoms with E-state index in [9.17, 15) is 4.79 Å². The fourth-order valence-electron chi connectivity index (χ4n) is 3.64. The number of hydrogen-bond acceptors (Lipinski definition) is 4. The molecule has 2 heterocycles. The molecule has 0 spiro atoms. The number of guanidine groups is 1. The van der Waals surface area contributed by atoms with Crippen molar-refractivity contribution in [3.05, 3.63) is 0 Å². The summed E-state index contributed by atoms with van der Waals surface area (Å²) in [6, 6.07) is 0. The fourth-order valence-corrected chi connectivity index (χ4v) is 3.64. The molecule has 0 radical (unpaired) electrons. The first-order valence-corrected chi connectivity index (χ1v) is 9.74. The normalized spacial score (nSPS) is 26.8. The van der Waals surface area contributed by atoms with Crippen LogP contribution in [0.2, 0.25) is 0 Å². The van der Waals surface area contributed by atoms with Gasteiger partial charge in [-0.15, -0.1) is 24.0 Å². The summed E-state index contributed by atoms with van der Waals surface area (Å²) in [4.78, 5) is 18.5. The summed E-state index contributed by atoms with van der Waals surface area (Å²) in [5.41, 5.74) is 0. The molecule has 3 fully saturated rings. The van der Waals surface area contributed by atoms with Crippen LogP contribution in [0.25, 0.3) is 0 Å². The molecule has 7 nitrogen and oxygen atoms in total. The van der Waals surface area contributed by atoms with Crippen LogP contribution < -0.4 is 10.6 Å². The summed E-state index contributed by atoms with van der Waals surface area (Å²) in [5, 5.41) is 6.44. The van der Waals surface area contributed by atoms with Gasteiger partial charge in [0.2, 0.25) is 5.91 Å². The van der Waals surface area contributed by atoms with E-state index in [0.29, 0.717) is 6.61 Å². The highest BCUT2D eigenvalue weighted by Crippen LogP contribution is 2.26. The van der Waals surface area contributed by atoms with Crippen molar-refractivity contribution in [3.63, 3.8) is 0 Å². The Morgan fingerprint density at radius 2 is 1.85 bits per heavy atom. The van der Waals surface area contributed by atoms with Crippen LogP contribution >= 0.6 is 24.0 Å². The molecule has 0 aromatic carbocycles. The SMILES string of the molecule is CN=C(NCCCNC(=O)C1CCC1)N1CCOC(C2CCCO2)C1.I. The number of aliphatic imine (C=N–C) groups is 1. The van der Waals surface area contributed by atoms with E-state index in [-0.39, 0.29) is 48.0 Å². The van der Waals surface area contributed by atoms with Crippen LogP contribution in [0.5, 0.6) is 0 Å². The van der Waals surface area contributed by atoms with Crippen LogP contribution in [0.15, 0.2) is 4.99 Å². The number of nitrogens with zero attached hydrogens (tertiary/aromatic N) is 2. The van der Waals surface area contributed by atoms with Gasteiger partial charge in [0, 0.05) is 45.8 Å². The zero-order chi connectivity index (χ0) is 17.5. The molecule has 1 aliphatic carbocycles.